The molecule has 1 fully saturated rings. The Kier molecular flexibility index (Phi) is 6.82. The average Bonchev–Trinajstić information content (AvgIpc) is 2.74. The molecule has 3 N–H and O–H groups in total. The molecule has 3 rings (SSSR count). The molecule has 0 aliphatic heterocycles. The van der Waals surface area contributed by atoms with Crippen molar-refractivity contribution in [3.63, 3.8) is 0 Å². The van der Waals surface area contributed by atoms with Gasteiger partial charge in [0.2, 0.25) is 5.91 Å². The molecule has 1 heterocycles. The summed E-state index contributed by atoms with van der Waals surface area (Å²) in [4.78, 5) is 29.4. The fraction of sp³-hybridized carbons (Fsp3) is 0.435. The lowest BCUT2D eigenvalue weighted by Crippen LogP contribution is -2.50. The summed E-state index contributed by atoms with van der Waals surface area (Å²) in [5, 5.41) is 15.2. The van der Waals surface area contributed by atoms with Crippen LogP contribution in [0.1, 0.15) is 49.9 Å². The van der Waals surface area contributed by atoms with Crippen LogP contribution in [0.5, 0.6) is 0 Å². The predicted molar refractivity (Wildman–Crippen MR) is 112 cm³/mol. The molecule has 1 aliphatic rings. The molecule has 0 unspecified atom stereocenters. The number of nitrogens with zero attached hydrogens (tertiary/aromatic N) is 1. The van der Waals surface area contributed by atoms with E-state index in [9.17, 15) is 19.1 Å². The highest BCUT2D eigenvalue weighted by Crippen LogP contribution is 2.25. The summed E-state index contributed by atoms with van der Waals surface area (Å²) in [7, 11) is 0. The van der Waals surface area contributed by atoms with Crippen LogP contribution >= 0.6 is 0 Å². The predicted octanol–water partition coefficient (Wildman–Crippen LogP) is 3.06. The second kappa shape index (κ2) is 9.34. The summed E-state index contributed by atoms with van der Waals surface area (Å²) in [6.07, 6.45) is 4.47. The third kappa shape index (κ3) is 5.63. The molecule has 2 atom stereocenters. The van der Waals surface area contributed by atoms with Gasteiger partial charge in [-0.1, -0.05) is 18.6 Å². The smallest absolute Gasteiger partial charge is 0.253 e. The van der Waals surface area contributed by atoms with Gasteiger partial charge in [-0.25, -0.2) is 4.39 Å². The highest BCUT2D eigenvalue weighted by atomic mass is 19.1. The van der Waals surface area contributed by atoms with Crippen LogP contribution in [0.3, 0.4) is 0 Å². The van der Waals surface area contributed by atoms with E-state index in [2.05, 4.69) is 15.6 Å². The van der Waals surface area contributed by atoms with Crippen molar-refractivity contribution in [1.29, 1.82) is 0 Å². The molecule has 0 bridgehead atoms. The lowest BCUT2D eigenvalue weighted by Gasteiger charge is -2.32. The fourth-order valence-electron chi connectivity index (χ4n) is 3.65. The van der Waals surface area contributed by atoms with E-state index in [0.29, 0.717) is 23.2 Å². The number of aliphatic hydroxyl groups is 1. The monoisotopic (exact) mass is 413 g/mol. The van der Waals surface area contributed by atoms with Gasteiger partial charge in [0.15, 0.2) is 0 Å². The van der Waals surface area contributed by atoms with Gasteiger partial charge in [-0.3, -0.25) is 14.6 Å². The minimum atomic E-state index is -0.664. The van der Waals surface area contributed by atoms with Gasteiger partial charge in [-0.2, -0.15) is 0 Å². The quantitative estimate of drug-likeness (QED) is 0.679. The summed E-state index contributed by atoms with van der Waals surface area (Å²) in [5.41, 5.74) is 0.992. The molecular formula is C23H28FN3O3. The number of aliphatic hydroxyl groups excluding tert-OH is 1. The van der Waals surface area contributed by atoms with Crippen molar-refractivity contribution in [2.75, 3.05) is 6.61 Å². The lowest BCUT2D eigenvalue weighted by atomic mass is 9.84. The summed E-state index contributed by atoms with van der Waals surface area (Å²) < 4.78 is 13.4. The number of rotatable bonds is 6. The van der Waals surface area contributed by atoms with Gasteiger partial charge in [0.1, 0.15) is 5.82 Å². The third-order valence-corrected chi connectivity index (χ3v) is 5.38. The Balaban J connectivity index is 1.59. The van der Waals surface area contributed by atoms with Crippen LogP contribution in [-0.4, -0.2) is 40.1 Å². The molecule has 1 saturated carbocycles. The van der Waals surface area contributed by atoms with Gasteiger partial charge in [-0.15, -0.1) is 0 Å². The largest absolute Gasteiger partial charge is 0.394 e. The van der Waals surface area contributed by atoms with E-state index >= 15 is 0 Å². The zero-order valence-electron chi connectivity index (χ0n) is 17.3. The van der Waals surface area contributed by atoms with E-state index in [1.54, 1.807) is 38.1 Å². The van der Waals surface area contributed by atoms with Crippen LogP contribution in [0.2, 0.25) is 0 Å². The van der Waals surface area contributed by atoms with Crippen molar-refractivity contribution >= 4 is 11.8 Å². The summed E-state index contributed by atoms with van der Waals surface area (Å²) >= 11 is 0. The highest BCUT2D eigenvalue weighted by Gasteiger charge is 2.31. The Morgan fingerprint density at radius 1 is 1.23 bits per heavy atom. The van der Waals surface area contributed by atoms with Crippen LogP contribution in [0.4, 0.5) is 4.39 Å². The van der Waals surface area contributed by atoms with E-state index in [4.69, 9.17) is 0 Å². The fourth-order valence-corrected chi connectivity index (χ4v) is 3.65. The van der Waals surface area contributed by atoms with Crippen molar-refractivity contribution < 1.29 is 19.1 Å². The number of hydrogen-bond donors (Lipinski definition) is 3. The first-order valence-corrected chi connectivity index (χ1v) is 10.2. The van der Waals surface area contributed by atoms with Crippen molar-refractivity contribution in [2.45, 2.75) is 51.1 Å². The Morgan fingerprint density at radius 2 is 2.03 bits per heavy atom. The molecule has 160 valence electrons. The van der Waals surface area contributed by atoms with Gasteiger partial charge in [0.25, 0.3) is 5.91 Å². The van der Waals surface area contributed by atoms with Crippen LogP contribution in [0.15, 0.2) is 42.6 Å². The molecule has 6 nitrogen and oxygen atoms in total. The van der Waals surface area contributed by atoms with Crippen molar-refractivity contribution in [2.24, 2.45) is 5.92 Å². The van der Waals surface area contributed by atoms with Gasteiger partial charge in [-0.05, 0) is 57.4 Å². The van der Waals surface area contributed by atoms with E-state index in [1.165, 1.54) is 18.3 Å². The molecular weight excluding hydrogens is 385 g/mol. The molecule has 1 aromatic heterocycles. The first kappa shape index (κ1) is 21.9. The minimum absolute atomic E-state index is 0.0888. The van der Waals surface area contributed by atoms with Gasteiger partial charge in [0, 0.05) is 23.7 Å². The number of nitrogens with one attached hydrogen (secondary N) is 2. The maximum absolute atomic E-state index is 13.4. The maximum atomic E-state index is 13.4. The van der Waals surface area contributed by atoms with Crippen LogP contribution in [0, 0.1) is 11.7 Å². The van der Waals surface area contributed by atoms with Crippen LogP contribution < -0.4 is 10.6 Å². The third-order valence-electron chi connectivity index (χ3n) is 5.38. The standard InChI is InChI=1S/C23H28FN3O3/c1-23(2,14-28)27-22(30)16-6-4-8-19(12-16)26-21(29)17-9-10-20(25-13-17)15-5-3-7-18(24)11-15/h3,5,7,9-11,13,16,19,28H,4,6,8,12,14H2,1-2H3,(H,26,29)(H,27,30)/t16-,19+/m1/s1. The normalized spacial score (nSPS) is 19.2. The zero-order chi connectivity index (χ0) is 21.7. The number of halogens is 1. The number of pyridine rings is 1. The van der Waals surface area contributed by atoms with Gasteiger partial charge < -0.3 is 15.7 Å². The number of aromatic nitrogens is 1. The maximum Gasteiger partial charge on any atom is 0.253 e. The molecule has 0 saturated heterocycles. The first-order valence-electron chi connectivity index (χ1n) is 10.2. The Hall–Kier alpha value is -2.80. The SMILES string of the molecule is CC(C)(CO)NC(=O)[C@@H]1CCC[C@H](NC(=O)c2ccc(-c3cccc(F)c3)nc2)C1. The summed E-state index contributed by atoms with van der Waals surface area (Å²) in [5.74, 6) is -0.859. The molecule has 7 heteroatoms. The number of amides is 2. The number of carbonyl (C=O) groups excluding carboxylic acids is 2. The molecule has 0 spiro atoms. The lowest BCUT2D eigenvalue weighted by molar-refractivity contribution is -0.128. The molecule has 0 radical (unpaired) electrons. The first-order chi connectivity index (χ1) is 14.3. The Labute approximate surface area is 175 Å². The number of hydrogen-bond acceptors (Lipinski definition) is 4. The van der Waals surface area contributed by atoms with Crippen molar-refractivity contribution in [3.8, 4) is 11.3 Å². The second-order valence-corrected chi connectivity index (χ2v) is 8.51. The minimum Gasteiger partial charge on any atom is -0.394 e. The summed E-state index contributed by atoms with van der Waals surface area (Å²) in [6, 6.07) is 9.40. The zero-order valence-corrected chi connectivity index (χ0v) is 17.3. The van der Waals surface area contributed by atoms with Gasteiger partial charge in [0.05, 0.1) is 23.4 Å². The van der Waals surface area contributed by atoms with Crippen molar-refractivity contribution in [3.05, 3.63) is 54.0 Å². The van der Waals surface area contributed by atoms with E-state index < -0.39 is 5.54 Å². The van der Waals surface area contributed by atoms with Crippen molar-refractivity contribution in [1.82, 2.24) is 15.6 Å². The highest BCUT2D eigenvalue weighted by molar-refractivity contribution is 5.94. The summed E-state index contributed by atoms with van der Waals surface area (Å²) in [6.45, 7) is 3.41. The van der Waals surface area contributed by atoms with E-state index in [1.807, 2.05) is 0 Å². The molecule has 30 heavy (non-hydrogen) atoms. The average molecular weight is 413 g/mol. The molecule has 1 aromatic carbocycles. The topological polar surface area (TPSA) is 91.3 Å². The van der Waals surface area contributed by atoms with E-state index in [0.717, 1.165) is 19.3 Å². The van der Waals surface area contributed by atoms with E-state index in [-0.39, 0.29) is 36.2 Å². The number of benzene rings is 1. The molecule has 2 amide bonds. The van der Waals surface area contributed by atoms with Crippen LogP contribution in [-0.2, 0) is 4.79 Å². The van der Waals surface area contributed by atoms with Crippen LogP contribution in [0.25, 0.3) is 11.3 Å². The second-order valence-electron chi connectivity index (χ2n) is 8.51. The molecule has 2 aromatic rings. The Bertz CT molecular complexity index is 899. The Morgan fingerprint density at radius 3 is 2.70 bits per heavy atom. The number of carbonyl (C=O) groups is 2. The van der Waals surface area contributed by atoms with Gasteiger partial charge >= 0.3 is 0 Å². The molecule has 1 aliphatic carbocycles.